The van der Waals surface area contributed by atoms with Crippen molar-refractivity contribution >= 4 is 93.8 Å². The zero-order chi connectivity index (χ0) is 44.0. The van der Waals surface area contributed by atoms with Gasteiger partial charge in [0.1, 0.15) is 0 Å². The van der Waals surface area contributed by atoms with Crippen molar-refractivity contribution in [2.24, 2.45) is 0 Å². The average molecular weight is 836 g/mol. The van der Waals surface area contributed by atoms with Gasteiger partial charge in [0.05, 0.1) is 16.6 Å². The molecule has 0 aliphatic heterocycles. The van der Waals surface area contributed by atoms with Crippen LogP contribution in [0.4, 0.5) is 34.1 Å². The molecule has 312 valence electrons. The summed E-state index contributed by atoms with van der Waals surface area (Å²) in [4.78, 5) is 4.74. The third-order valence-electron chi connectivity index (χ3n) is 13.4. The summed E-state index contributed by atoms with van der Waals surface area (Å²) in [5.74, 6) is 0. The van der Waals surface area contributed by atoms with Crippen molar-refractivity contribution in [2.75, 3.05) is 9.80 Å². The predicted octanol–water partition coefficient (Wildman–Crippen LogP) is 17.7. The van der Waals surface area contributed by atoms with Crippen LogP contribution in [-0.2, 0) is 5.41 Å². The van der Waals surface area contributed by atoms with Crippen molar-refractivity contribution in [3.8, 4) is 11.1 Å². The molecule has 0 radical (unpaired) electrons. The van der Waals surface area contributed by atoms with Gasteiger partial charge in [0.15, 0.2) is 0 Å². The SMILES string of the molecule is Cc1cccc(N(c2ccccc2)c2ccc3cc4c5cc(-c6ccc(C(C)(C)C)cc6)cc6c7cc8ccc(N(c9ccccc9)c9cccc(C)c9)cc8cc7n(c4cc3c2)c56)c1. The van der Waals surface area contributed by atoms with Crippen LogP contribution >= 0.6 is 0 Å². The van der Waals surface area contributed by atoms with E-state index in [9.17, 15) is 0 Å². The van der Waals surface area contributed by atoms with Crippen LogP contribution in [0.25, 0.3) is 70.8 Å². The van der Waals surface area contributed by atoms with Gasteiger partial charge in [0.25, 0.3) is 0 Å². The lowest BCUT2D eigenvalue weighted by Crippen LogP contribution is -2.10. The van der Waals surface area contributed by atoms with Gasteiger partial charge in [-0.25, -0.2) is 0 Å². The minimum absolute atomic E-state index is 0.0844. The highest BCUT2D eigenvalue weighted by atomic mass is 15.1. The van der Waals surface area contributed by atoms with E-state index in [2.05, 4.69) is 255 Å². The Hall–Kier alpha value is -7.88. The smallest absolute Gasteiger partial charge is 0.0620 e. The molecular formula is C62H49N3. The molecule has 0 aliphatic rings. The number of fused-ring (bicyclic) bond motifs is 8. The number of hydrogen-bond donors (Lipinski definition) is 0. The lowest BCUT2D eigenvalue weighted by molar-refractivity contribution is 0.590. The quantitative estimate of drug-likeness (QED) is 0.158. The fraction of sp³-hybridized carbons (Fsp3) is 0.0968. The summed E-state index contributed by atoms with van der Waals surface area (Å²) in [6.45, 7) is 11.2. The van der Waals surface area contributed by atoms with Gasteiger partial charge in [-0.3, -0.25) is 0 Å². The van der Waals surface area contributed by atoms with Gasteiger partial charge in [-0.2, -0.15) is 0 Å². The van der Waals surface area contributed by atoms with Gasteiger partial charge in [0, 0.05) is 55.7 Å². The second kappa shape index (κ2) is 14.9. The Bertz CT molecular complexity index is 3550. The Morgan fingerprint density at radius 3 is 1.23 bits per heavy atom. The van der Waals surface area contributed by atoms with Crippen LogP contribution in [0, 0.1) is 13.8 Å². The molecule has 12 aromatic rings. The van der Waals surface area contributed by atoms with Crippen molar-refractivity contribution in [1.29, 1.82) is 0 Å². The molecule has 10 aromatic carbocycles. The van der Waals surface area contributed by atoms with Crippen molar-refractivity contribution in [3.05, 3.63) is 223 Å². The Morgan fingerprint density at radius 1 is 0.338 bits per heavy atom. The van der Waals surface area contributed by atoms with E-state index >= 15 is 0 Å². The number of aromatic nitrogens is 1. The number of aryl methyl sites for hydroxylation is 2. The third-order valence-corrected chi connectivity index (χ3v) is 13.4. The van der Waals surface area contributed by atoms with Crippen LogP contribution in [0.15, 0.2) is 206 Å². The largest absolute Gasteiger partial charge is 0.310 e. The standard InChI is InChI=1S/C62H49N3/c1-40-14-12-20-51(30-40)63(49-16-8-6-9-17-49)53-28-24-43-34-55-57-36-47(42-22-26-48(27-23-42)62(3,4)5)37-58-56-35-44-25-29-54(64(50-18-10-7-11-19-50)52-21-13-15-41(2)31-52)33-46(44)39-60(56)65(61(57)58)59(55)38-45(43)32-53/h6-39H,1-5H3. The highest BCUT2D eigenvalue weighted by Crippen LogP contribution is 2.46. The lowest BCUT2D eigenvalue weighted by Gasteiger charge is -2.26. The lowest BCUT2D eigenvalue weighted by atomic mass is 9.86. The molecule has 0 unspecified atom stereocenters. The second-order valence-electron chi connectivity index (χ2n) is 18.9. The average Bonchev–Trinajstić information content (AvgIpc) is 3.81. The van der Waals surface area contributed by atoms with Gasteiger partial charge in [-0.15, -0.1) is 0 Å². The summed E-state index contributed by atoms with van der Waals surface area (Å²) < 4.78 is 2.55. The maximum Gasteiger partial charge on any atom is 0.0620 e. The first kappa shape index (κ1) is 38.8. The van der Waals surface area contributed by atoms with Gasteiger partial charge < -0.3 is 14.2 Å². The first-order valence-electron chi connectivity index (χ1n) is 22.7. The maximum absolute atomic E-state index is 2.55. The van der Waals surface area contributed by atoms with E-state index < -0.39 is 0 Å². The molecule has 0 spiro atoms. The van der Waals surface area contributed by atoms with Gasteiger partial charge in [-0.05, 0) is 178 Å². The topological polar surface area (TPSA) is 10.9 Å². The number of rotatable bonds is 7. The fourth-order valence-corrected chi connectivity index (χ4v) is 10.2. The number of para-hydroxylation sites is 2. The Labute approximate surface area is 380 Å². The van der Waals surface area contributed by atoms with E-state index in [1.807, 2.05) is 0 Å². The summed E-state index contributed by atoms with van der Waals surface area (Å²) in [5.41, 5.74) is 16.9. The van der Waals surface area contributed by atoms with E-state index in [1.165, 1.54) is 87.5 Å². The zero-order valence-electron chi connectivity index (χ0n) is 37.5. The molecule has 2 heterocycles. The van der Waals surface area contributed by atoms with Gasteiger partial charge in [0.2, 0.25) is 0 Å². The molecular weight excluding hydrogens is 787 g/mol. The van der Waals surface area contributed by atoms with Crippen LogP contribution in [0.1, 0.15) is 37.5 Å². The van der Waals surface area contributed by atoms with E-state index in [4.69, 9.17) is 0 Å². The van der Waals surface area contributed by atoms with E-state index in [0.717, 1.165) is 34.1 Å². The first-order chi connectivity index (χ1) is 31.6. The first-order valence-corrected chi connectivity index (χ1v) is 22.7. The van der Waals surface area contributed by atoms with Gasteiger partial charge in [-0.1, -0.05) is 118 Å². The van der Waals surface area contributed by atoms with Crippen molar-refractivity contribution in [1.82, 2.24) is 4.40 Å². The van der Waals surface area contributed by atoms with Crippen LogP contribution in [-0.4, -0.2) is 4.40 Å². The predicted molar refractivity (Wildman–Crippen MR) is 279 cm³/mol. The monoisotopic (exact) mass is 835 g/mol. The molecule has 0 N–H and O–H groups in total. The van der Waals surface area contributed by atoms with Crippen LogP contribution in [0.2, 0.25) is 0 Å². The highest BCUT2D eigenvalue weighted by molar-refractivity contribution is 6.27. The minimum Gasteiger partial charge on any atom is -0.310 e. The third kappa shape index (κ3) is 6.57. The number of nitrogens with zero attached hydrogens (tertiary/aromatic N) is 3. The summed E-state index contributed by atoms with van der Waals surface area (Å²) in [6.07, 6.45) is 0. The van der Waals surface area contributed by atoms with Crippen LogP contribution in [0.5, 0.6) is 0 Å². The van der Waals surface area contributed by atoms with Crippen LogP contribution < -0.4 is 9.80 Å². The molecule has 0 saturated heterocycles. The zero-order valence-corrected chi connectivity index (χ0v) is 37.5. The Kier molecular flexibility index (Phi) is 8.86. The number of hydrogen-bond acceptors (Lipinski definition) is 2. The van der Waals surface area contributed by atoms with Gasteiger partial charge >= 0.3 is 0 Å². The molecule has 3 heteroatoms. The summed E-state index contributed by atoms with van der Waals surface area (Å²) in [6, 6.07) is 76.7. The Balaban J connectivity index is 1.11. The maximum atomic E-state index is 2.55. The normalized spacial score (nSPS) is 12.1. The molecule has 0 fully saturated rings. The van der Waals surface area contributed by atoms with Crippen LogP contribution in [0.3, 0.4) is 0 Å². The van der Waals surface area contributed by atoms with E-state index in [1.54, 1.807) is 0 Å². The second-order valence-corrected chi connectivity index (χ2v) is 18.9. The molecule has 0 saturated carbocycles. The molecule has 65 heavy (non-hydrogen) atoms. The number of benzene rings is 10. The molecule has 2 aromatic heterocycles. The van der Waals surface area contributed by atoms with Crippen molar-refractivity contribution in [3.63, 3.8) is 0 Å². The van der Waals surface area contributed by atoms with E-state index in [0.29, 0.717) is 0 Å². The molecule has 0 aliphatic carbocycles. The molecule has 0 bridgehead atoms. The Morgan fingerprint density at radius 2 is 0.785 bits per heavy atom. The number of anilines is 6. The molecule has 0 amide bonds. The molecule has 3 nitrogen and oxygen atoms in total. The summed E-state index contributed by atoms with van der Waals surface area (Å²) in [7, 11) is 0. The van der Waals surface area contributed by atoms with Crippen molar-refractivity contribution < 1.29 is 0 Å². The summed E-state index contributed by atoms with van der Waals surface area (Å²) in [5, 5.41) is 9.94. The van der Waals surface area contributed by atoms with Crippen molar-refractivity contribution in [2.45, 2.75) is 40.0 Å². The summed E-state index contributed by atoms with van der Waals surface area (Å²) >= 11 is 0. The highest BCUT2D eigenvalue weighted by Gasteiger charge is 2.22. The van der Waals surface area contributed by atoms with E-state index in [-0.39, 0.29) is 5.41 Å². The molecule has 0 atom stereocenters. The molecule has 12 rings (SSSR count). The fourth-order valence-electron chi connectivity index (χ4n) is 10.2. The minimum atomic E-state index is 0.0844.